The molecule has 0 spiro atoms. The number of aromatic hydroxyl groups is 1. The predicted molar refractivity (Wildman–Crippen MR) is 112 cm³/mol. The molecular weight excluding hydrogens is 350 g/mol. The Morgan fingerprint density at radius 3 is 2.11 bits per heavy atom. The molecule has 0 unspecified atom stereocenters. The normalized spacial score (nSPS) is 11.1. The number of anilines is 1. The lowest BCUT2D eigenvalue weighted by atomic mass is 9.77. The van der Waals surface area contributed by atoms with Crippen molar-refractivity contribution in [1.82, 2.24) is 0 Å². The minimum Gasteiger partial charge on any atom is -0.508 e. The van der Waals surface area contributed by atoms with Crippen LogP contribution < -0.4 is 10.1 Å². The third-order valence-electron chi connectivity index (χ3n) is 5.04. The molecule has 3 aromatic rings. The maximum absolute atomic E-state index is 12.1. The molecule has 0 aliphatic rings. The summed E-state index contributed by atoms with van der Waals surface area (Å²) in [6.45, 7) is 8.09. The van der Waals surface area contributed by atoms with Gasteiger partial charge in [-0.2, -0.15) is 0 Å². The second-order valence-electron chi connectivity index (χ2n) is 7.49. The van der Waals surface area contributed by atoms with E-state index >= 15 is 0 Å². The highest BCUT2D eigenvalue weighted by Gasteiger charge is 2.24. The number of para-hydroxylation sites is 1. The number of benzene rings is 3. The number of hydrogen-bond acceptors (Lipinski definition) is 3. The van der Waals surface area contributed by atoms with E-state index in [0.717, 1.165) is 22.3 Å². The molecule has 28 heavy (non-hydrogen) atoms. The van der Waals surface area contributed by atoms with Crippen molar-refractivity contribution in [2.24, 2.45) is 0 Å². The highest BCUT2D eigenvalue weighted by molar-refractivity contribution is 5.86. The highest BCUT2D eigenvalue weighted by Crippen LogP contribution is 2.35. The Labute approximate surface area is 165 Å². The second-order valence-corrected chi connectivity index (χ2v) is 7.49. The van der Waals surface area contributed by atoms with Crippen molar-refractivity contribution in [3.8, 4) is 11.5 Å². The first-order valence-corrected chi connectivity index (χ1v) is 9.22. The van der Waals surface area contributed by atoms with Crippen LogP contribution in [0.3, 0.4) is 0 Å². The van der Waals surface area contributed by atoms with Gasteiger partial charge < -0.3 is 9.84 Å². The molecule has 0 saturated carbocycles. The van der Waals surface area contributed by atoms with Gasteiger partial charge >= 0.3 is 6.09 Å². The number of phenolic OH excluding ortho intramolecular Hbond substituents is 1. The number of hydrogen-bond donors (Lipinski definition) is 2. The molecule has 144 valence electrons. The van der Waals surface area contributed by atoms with Crippen LogP contribution in [0.2, 0.25) is 0 Å². The Morgan fingerprint density at radius 1 is 0.893 bits per heavy atom. The molecule has 0 saturated heterocycles. The average molecular weight is 375 g/mol. The first kappa shape index (κ1) is 19.5. The zero-order chi connectivity index (χ0) is 20.3. The lowest BCUT2D eigenvalue weighted by Crippen LogP contribution is -2.20. The van der Waals surface area contributed by atoms with E-state index in [1.807, 2.05) is 62.4 Å². The Bertz CT molecular complexity index is 994. The molecule has 0 atom stereocenters. The summed E-state index contributed by atoms with van der Waals surface area (Å²) in [6.07, 6.45) is -0.518. The molecular formula is C24H25NO3. The van der Waals surface area contributed by atoms with Gasteiger partial charge in [0, 0.05) is 11.1 Å². The Morgan fingerprint density at radius 2 is 1.50 bits per heavy atom. The monoisotopic (exact) mass is 375 g/mol. The molecule has 0 heterocycles. The number of aryl methyl sites for hydroxylation is 2. The second kappa shape index (κ2) is 7.77. The van der Waals surface area contributed by atoms with E-state index in [1.165, 1.54) is 0 Å². The van der Waals surface area contributed by atoms with Crippen LogP contribution in [0.25, 0.3) is 0 Å². The van der Waals surface area contributed by atoms with Crippen LogP contribution >= 0.6 is 0 Å². The molecule has 0 bridgehead atoms. The minimum atomic E-state index is -0.518. The molecule has 0 aliphatic heterocycles. The van der Waals surface area contributed by atoms with Gasteiger partial charge in [0.25, 0.3) is 0 Å². The fraction of sp³-hybridized carbons (Fsp3) is 0.208. The average Bonchev–Trinajstić information content (AvgIpc) is 2.66. The maximum atomic E-state index is 12.1. The molecule has 2 N–H and O–H groups in total. The predicted octanol–water partition coefficient (Wildman–Crippen LogP) is 5.95. The van der Waals surface area contributed by atoms with E-state index in [2.05, 4.69) is 19.2 Å². The number of rotatable bonds is 4. The first-order valence-electron chi connectivity index (χ1n) is 9.22. The minimum absolute atomic E-state index is 0.256. The maximum Gasteiger partial charge on any atom is 0.417 e. The Kier molecular flexibility index (Phi) is 5.41. The molecule has 4 nitrogen and oxygen atoms in total. The molecule has 0 aromatic heterocycles. The van der Waals surface area contributed by atoms with Crippen LogP contribution in [0.4, 0.5) is 10.5 Å². The van der Waals surface area contributed by atoms with E-state index < -0.39 is 6.09 Å². The molecule has 3 aromatic carbocycles. The van der Waals surface area contributed by atoms with Crippen LogP contribution in [0.15, 0.2) is 66.7 Å². The van der Waals surface area contributed by atoms with Crippen molar-refractivity contribution in [2.45, 2.75) is 33.1 Å². The largest absolute Gasteiger partial charge is 0.508 e. The van der Waals surface area contributed by atoms with Gasteiger partial charge in [-0.1, -0.05) is 56.3 Å². The smallest absolute Gasteiger partial charge is 0.417 e. The van der Waals surface area contributed by atoms with Crippen LogP contribution in [0.5, 0.6) is 11.5 Å². The molecule has 4 heteroatoms. The lowest BCUT2D eigenvalue weighted by molar-refractivity contribution is 0.215. The molecule has 0 fully saturated rings. The van der Waals surface area contributed by atoms with Crippen molar-refractivity contribution >= 4 is 11.8 Å². The van der Waals surface area contributed by atoms with Crippen molar-refractivity contribution in [3.63, 3.8) is 0 Å². The van der Waals surface area contributed by atoms with Gasteiger partial charge in [0.05, 0.1) is 0 Å². The summed E-state index contributed by atoms with van der Waals surface area (Å²) in [5.74, 6) is 0.818. The SMILES string of the molecule is Cc1cc(C(C)(C)c2ccc(OC(=O)Nc3ccccc3)c(C)c2)ccc1O. The van der Waals surface area contributed by atoms with Gasteiger partial charge in [0.1, 0.15) is 11.5 Å². The van der Waals surface area contributed by atoms with E-state index in [1.54, 1.807) is 18.2 Å². The van der Waals surface area contributed by atoms with Gasteiger partial charge in [0.15, 0.2) is 0 Å². The lowest BCUT2D eigenvalue weighted by Gasteiger charge is -2.27. The third-order valence-corrected chi connectivity index (χ3v) is 5.04. The first-order chi connectivity index (χ1) is 13.3. The standard InChI is InChI=1S/C24H25NO3/c1-16-14-18(10-12-21(16)26)24(3,4)19-11-13-22(17(2)15-19)28-23(27)25-20-8-6-5-7-9-20/h5-15,26H,1-4H3,(H,25,27). The summed E-state index contributed by atoms with van der Waals surface area (Å²) < 4.78 is 5.47. The van der Waals surface area contributed by atoms with Gasteiger partial charge in [0.2, 0.25) is 0 Å². The van der Waals surface area contributed by atoms with Crippen LogP contribution in [0.1, 0.15) is 36.1 Å². The number of amides is 1. The molecule has 3 rings (SSSR count). The van der Waals surface area contributed by atoms with E-state index in [-0.39, 0.29) is 5.41 Å². The summed E-state index contributed by atoms with van der Waals surface area (Å²) in [5.41, 5.74) is 4.37. The molecule has 0 radical (unpaired) electrons. The van der Waals surface area contributed by atoms with Crippen LogP contribution in [-0.4, -0.2) is 11.2 Å². The van der Waals surface area contributed by atoms with E-state index in [4.69, 9.17) is 4.74 Å². The fourth-order valence-corrected chi connectivity index (χ4v) is 3.13. The van der Waals surface area contributed by atoms with Crippen molar-refractivity contribution in [3.05, 3.63) is 89.0 Å². The van der Waals surface area contributed by atoms with Crippen LogP contribution in [0, 0.1) is 13.8 Å². The number of nitrogens with one attached hydrogen (secondary N) is 1. The van der Waals surface area contributed by atoms with Gasteiger partial charge in [-0.05, 0) is 60.4 Å². The summed E-state index contributed by atoms with van der Waals surface area (Å²) in [6, 6.07) is 20.7. The van der Waals surface area contributed by atoms with Gasteiger partial charge in [-0.25, -0.2) is 4.79 Å². The Hall–Kier alpha value is -3.27. The summed E-state index contributed by atoms with van der Waals surface area (Å²) >= 11 is 0. The zero-order valence-corrected chi connectivity index (χ0v) is 16.6. The van der Waals surface area contributed by atoms with E-state index in [9.17, 15) is 9.90 Å². The number of carbonyl (C=O) groups is 1. The van der Waals surface area contributed by atoms with Gasteiger partial charge in [-0.3, -0.25) is 5.32 Å². The van der Waals surface area contributed by atoms with Crippen molar-refractivity contribution < 1.29 is 14.6 Å². The highest BCUT2D eigenvalue weighted by atomic mass is 16.6. The zero-order valence-electron chi connectivity index (χ0n) is 16.6. The number of ether oxygens (including phenoxy) is 1. The fourth-order valence-electron chi connectivity index (χ4n) is 3.13. The van der Waals surface area contributed by atoms with Crippen LogP contribution in [-0.2, 0) is 5.41 Å². The third kappa shape index (κ3) is 4.17. The van der Waals surface area contributed by atoms with Crippen molar-refractivity contribution in [2.75, 3.05) is 5.32 Å². The quantitative estimate of drug-likeness (QED) is 0.593. The number of phenols is 1. The van der Waals surface area contributed by atoms with Crippen molar-refractivity contribution in [1.29, 1.82) is 0 Å². The van der Waals surface area contributed by atoms with E-state index in [0.29, 0.717) is 17.2 Å². The van der Waals surface area contributed by atoms with Gasteiger partial charge in [-0.15, -0.1) is 0 Å². The summed E-state index contributed by atoms with van der Waals surface area (Å²) in [7, 11) is 0. The Balaban J connectivity index is 1.79. The topological polar surface area (TPSA) is 58.6 Å². The molecule has 1 amide bonds. The summed E-state index contributed by atoms with van der Waals surface area (Å²) in [4.78, 5) is 12.1. The molecule has 0 aliphatic carbocycles. The number of carbonyl (C=O) groups excluding carboxylic acids is 1. The summed E-state index contributed by atoms with van der Waals surface area (Å²) in [5, 5.41) is 12.5.